The number of hydrogen-bond acceptors (Lipinski definition) is 4. The molecule has 0 unspecified atom stereocenters. The quantitative estimate of drug-likeness (QED) is 0.649. The van der Waals surface area contributed by atoms with E-state index < -0.39 is 10.0 Å². The lowest BCUT2D eigenvalue weighted by atomic mass is 10.0. The van der Waals surface area contributed by atoms with Gasteiger partial charge in [0.2, 0.25) is 10.0 Å². The molecule has 1 amide bonds. The maximum Gasteiger partial charge on any atom is 0.267 e. The van der Waals surface area contributed by atoms with Crippen LogP contribution in [0, 0.1) is 5.92 Å². The van der Waals surface area contributed by atoms with Gasteiger partial charge in [-0.15, -0.1) is 0 Å². The van der Waals surface area contributed by atoms with E-state index in [1.807, 2.05) is 11.5 Å². The van der Waals surface area contributed by atoms with Gasteiger partial charge < -0.3 is 14.8 Å². The largest absolute Gasteiger partial charge is 0.351 e. The number of piperidine rings is 1. The Morgan fingerprint density at radius 1 is 1.27 bits per heavy atom. The summed E-state index contributed by atoms with van der Waals surface area (Å²) in [7, 11) is -0.484. The van der Waals surface area contributed by atoms with Gasteiger partial charge in [-0.2, -0.15) is 0 Å². The molecule has 1 aromatic carbocycles. The van der Waals surface area contributed by atoms with Crippen LogP contribution in [0.3, 0.4) is 0 Å². The SMILES string of the molecule is CCn1c(C(=O)NCCCN2CCC[C@@H](C)C2)cc2cc(S(=O)(=O)N(C)C)ccc21. The number of carbonyl (C=O) groups excluding carboxylic acids is 1. The van der Waals surface area contributed by atoms with Crippen molar-refractivity contribution in [1.29, 1.82) is 0 Å². The Hall–Kier alpha value is -1.90. The number of carbonyl (C=O) groups is 1. The minimum atomic E-state index is -3.51. The van der Waals surface area contributed by atoms with Crippen molar-refractivity contribution >= 4 is 26.8 Å². The number of hydrogen-bond donors (Lipinski definition) is 1. The highest BCUT2D eigenvalue weighted by Gasteiger charge is 2.20. The van der Waals surface area contributed by atoms with Crippen LogP contribution < -0.4 is 5.32 Å². The maximum atomic E-state index is 12.8. The minimum Gasteiger partial charge on any atom is -0.351 e. The van der Waals surface area contributed by atoms with Crippen LogP contribution in [0.2, 0.25) is 0 Å². The fourth-order valence-corrected chi connectivity index (χ4v) is 5.17. The van der Waals surface area contributed by atoms with E-state index in [1.165, 1.54) is 31.2 Å². The number of amides is 1. The molecule has 0 saturated carbocycles. The van der Waals surface area contributed by atoms with Crippen LogP contribution >= 0.6 is 0 Å². The lowest BCUT2D eigenvalue weighted by Gasteiger charge is -2.30. The Morgan fingerprint density at radius 3 is 2.70 bits per heavy atom. The molecule has 1 aliphatic rings. The molecule has 166 valence electrons. The Balaban J connectivity index is 1.69. The molecular formula is C22H34N4O3S. The van der Waals surface area contributed by atoms with Crippen LogP contribution in [0.15, 0.2) is 29.2 Å². The average molecular weight is 435 g/mol. The summed E-state index contributed by atoms with van der Waals surface area (Å²) in [6.07, 6.45) is 3.50. The van der Waals surface area contributed by atoms with Gasteiger partial charge in [0.15, 0.2) is 0 Å². The molecule has 0 aliphatic carbocycles. The van der Waals surface area contributed by atoms with Crippen LogP contribution in [-0.2, 0) is 16.6 Å². The third kappa shape index (κ3) is 4.87. The summed E-state index contributed by atoms with van der Waals surface area (Å²) in [4.78, 5) is 15.5. The zero-order chi connectivity index (χ0) is 21.9. The highest BCUT2D eigenvalue weighted by Crippen LogP contribution is 2.25. The fraction of sp³-hybridized carbons (Fsp3) is 0.591. The smallest absolute Gasteiger partial charge is 0.267 e. The van der Waals surface area contributed by atoms with E-state index in [-0.39, 0.29) is 10.8 Å². The number of aryl methyl sites for hydroxylation is 1. The first kappa shape index (κ1) is 22.8. The average Bonchev–Trinajstić information content (AvgIpc) is 3.09. The Kier molecular flexibility index (Phi) is 7.21. The fourth-order valence-electron chi connectivity index (χ4n) is 4.23. The Labute approximate surface area is 180 Å². The van der Waals surface area contributed by atoms with E-state index >= 15 is 0 Å². The van der Waals surface area contributed by atoms with Crippen LogP contribution in [0.1, 0.15) is 43.6 Å². The van der Waals surface area contributed by atoms with Crippen LogP contribution in [0.25, 0.3) is 10.9 Å². The number of aromatic nitrogens is 1. The van der Waals surface area contributed by atoms with Crippen molar-refractivity contribution in [1.82, 2.24) is 19.1 Å². The van der Waals surface area contributed by atoms with E-state index in [0.717, 1.165) is 42.9 Å². The first-order valence-corrected chi connectivity index (χ1v) is 12.2. The van der Waals surface area contributed by atoms with E-state index in [0.29, 0.717) is 18.8 Å². The first-order chi connectivity index (χ1) is 14.2. The molecule has 7 nitrogen and oxygen atoms in total. The summed E-state index contributed by atoms with van der Waals surface area (Å²) in [6, 6.07) is 6.81. The van der Waals surface area contributed by atoms with Crippen LogP contribution in [0.5, 0.6) is 0 Å². The van der Waals surface area contributed by atoms with Crippen molar-refractivity contribution in [3.05, 3.63) is 30.0 Å². The normalized spacial score (nSPS) is 18.2. The van der Waals surface area contributed by atoms with E-state index in [9.17, 15) is 13.2 Å². The second-order valence-electron chi connectivity index (χ2n) is 8.44. The molecular weight excluding hydrogens is 400 g/mol. The molecule has 2 aromatic rings. The summed E-state index contributed by atoms with van der Waals surface area (Å²) in [6.45, 7) is 8.86. The first-order valence-electron chi connectivity index (χ1n) is 10.8. The summed E-state index contributed by atoms with van der Waals surface area (Å²) >= 11 is 0. The third-order valence-electron chi connectivity index (χ3n) is 5.88. The van der Waals surface area contributed by atoms with E-state index in [1.54, 1.807) is 24.3 Å². The second-order valence-corrected chi connectivity index (χ2v) is 10.6. The summed E-state index contributed by atoms with van der Waals surface area (Å²) in [5, 5.41) is 3.79. The molecule has 1 N–H and O–H groups in total. The lowest BCUT2D eigenvalue weighted by molar-refractivity contribution is 0.0941. The molecule has 0 radical (unpaired) electrons. The molecule has 0 spiro atoms. The molecule has 1 atom stereocenters. The number of likely N-dealkylation sites (tertiary alicyclic amines) is 1. The van der Waals surface area contributed by atoms with Gasteiger partial charge in [-0.3, -0.25) is 4.79 Å². The number of benzene rings is 1. The van der Waals surface area contributed by atoms with E-state index in [4.69, 9.17) is 0 Å². The monoisotopic (exact) mass is 434 g/mol. The van der Waals surface area contributed by atoms with Gasteiger partial charge in [-0.25, -0.2) is 12.7 Å². The van der Waals surface area contributed by atoms with Crippen molar-refractivity contribution in [3.63, 3.8) is 0 Å². The van der Waals surface area contributed by atoms with Gasteiger partial charge in [0.1, 0.15) is 5.69 Å². The minimum absolute atomic E-state index is 0.114. The number of nitrogens with one attached hydrogen (secondary N) is 1. The van der Waals surface area contributed by atoms with Gasteiger partial charge in [0.05, 0.1) is 4.90 Å². The van der Waals surface area contributed by atoms with Crippen molar-refractivity contribution in [2.75, 3.05) is 40.3 Å². The molecule has 1 aliphatic heterocycles. The Morgan fingerprint density at radius 2 is 2.03 bits per heavy atom. The summed E-state index contributed by atoms with van der Waals surface area (Å²) in [5.74, 6) is 0.645. The van der Waals surface area contributed by atoms with Crippen molar-refractivity contribution in [2.24, 2.45) is 5.92 Å². The molecule has 2 heterocycles. The predicted molar refractivity (Wildman–Crippen MR) is 120 cm³/mol. The summed E-state index contributed by atoms with van der Waals surface area (Å²) in [5.41, 5.74) is 1.43. The standard InChI is InChI=1S/C22H34N4O3S/c1-5-26-20-10-9-19(30(28,29)24(3)4)14-18(20)15-21(26)22(27)23-11-7-13-25-12-6-8-17(2)16-25/h9-10,14-15,17H,5-8,11-13,16H2,1-4H3,(H,23,27)/t17-/m1/s1. The Bertz CT molecular complexity index is 997. The van der Waals surface area contributed by atoms with Crippen molar-refractivity contribution < 1.29 is 13.2 Å². The number of nitrogens with zero attached hydrogens (tertiary/aromatic N) is 3. The lowest BCUT2D eigenvalue weighted by Crippen LogP contribution is -2.36. The third-order valence-corrected chi connectivity index (χ3v) is 7.69. The van der Waals surface area contributed by atoms with Crippen LogP contribution in [0.4, 0.5) is 0 Å². The van der Waals surface area contributed by atoms with Crippen molar-refractivity contribution in [3.8, 4) is 0 Å². The zero-order valence-corrected chi connectivity index (χ0v) is 19.3. The van der Waals surface area contributed by atoms with Gasteiger partial charge in [-0.05, 0) is 69.5 Å². The second kappa shape index (κ2) is 9.49. The summed E-state index contributed by atoms with van der Waals surface area (Å²) < 4.78 is 28.0. The van der Waals surface area contributed by atoms with E-state index in [2.05, 4.69) is 17.1 Å². The highest BCUT2D eigenvalue weighted by molar-refractivity contribution is 7.89. The van der Waals surface area contributed by atoms with Crippen LogP contribution in [-0.4, -0.2) is 68.4 Å². The number of fused-ring (bicyclic) bond motifs is 1. The number of sulfonamides is 1. The van der Waals surface area contributed by atoms with Gasteiger partial charge in [0, 0.05) is 44.6 Å². The number of rotatable bonds is 8. The topological polar surface area (TPSA) is 74.6 Å². The molecule has 1 fully saturated rings. The molecule has 1 saturated heterocycles. The maximum absolute atomic E-state index is 12.8. The van der Waals surface area contributed by atoms with Gasteiger partial charge in [-0.1, -0.05) is 6.92 Å². The molecule has 30 heavy (non-hydrogen) atoms. The van der Waals surface area contributed by atoms with Crippen molar-refractivity contribution in [2.45, 2.75) is 44.6 Å². The molecule has 0 bridgehead atoms. The van der Waals surface area contributed by atoms with Gasteiger partial charge >= 0.3 is 0 Å². The molecule has 8 heteroatoms. The molecule has 3 rings (SSSR count). The van der Waals surface area contributed by atoms with Gasteiger partial charge in [0.25, 0.3) is 5.91 Å². The highest BCUT2D eigenvalue weighted by atomic mass is 32.2. The molecule has 1 aromatic heterocycles. The predicted octanol–water partition coefficient (Wildman–Crippen LogP) is 2.76. The zero-order valence-electron chi connectivity index (χ0n) is 18.5.